The molecule has 0 fully saturated rings. The zero-order chi connectivity index (χ0) is 18.5. The summed E-state index contributed by atoms with van der Waals surface area (Å²) in [6.07, 6.45) is 0. The molecule has 2 heterocycles. The minimum absolute atomic E-state index is 0.349. The Morgan fingerprint density at radius 1 is 0.889 bits per heavy atom. The van der Waals surface area contributed by atoms with Gasteiger partial charge in [-0.2, -0.15) is 0 Å². The molecule has 0 saturated heterocycles. The lowest BCUT2D eigenvalue weighted by Gasteiger charge is -2.31. The molecule has 6 heteroatoms. The first-order chi connectivity index (χ1) is 13.1. The van der Waals surface area contributed by atoms with Crippen LogP contribution in [0.4, 0.5) is 5.69 Å². The largest absolute Gasteiger partial charge is 0.473 e. The molecule has 0 unspecified atom stereocenters. The highest BCUT2D eigenvalue weighted by atomic mass is 35.5. The summed E-state index contributed by atoms with van der Waals surface area (Å²) in [5, 5.41) is 3.32. The van der Waals surface area contributed by atoms with Crippen molar-refractivity contribution in [1.82, 2.24) is 0 Å². The third kappa shape index (κ3) is 2.64. The number of hydrogen-bond donors (Lipinski definition) is 0. The summed E-state index contributed by atoms with van der Waals surface area (Å²) in [6, 6.07) is 16.8. The van der Waals surface area contributed by atoms with Gasteiger partial charge in [-0.3, -0.25) is 0 Å². The molecule has 1 aliphatic heterocycles. The molecule has 1 aliphatic rings. The van der Waals surface area contributed by atoms with Gasteiger partial charge in [0.2, 0.25) is 0 Å². The van der Waals surface area contributed by atoms with E-state index < -0.39 is 0 Å². The van der Waals surface area contributed by atoms with Crippen molar-refractivity contribution in [2.75, 3.05) is 11.6 Å². The number of fused-ring (bicyclic) bond motifs is 5. The summed E-state index contributed by atoms with van der Waals surface area (Å²) in [6.45, 7) is 0.903. The van der Waals surface area contributed by atoms with Crippen molar-refractivity contribution in [3.63, 3.8) is 0 Å². The molecule has 134 valence electrons. The van der Waals surface area contributed by atoms with Gasteiger partial charge >= 0.3 is 5.63 Å². The smallest absolute Gasteiger partial charge is 0.344 e. The highest BCUT2D eigenvalue weighted by Gasteiger charge is 2.23. The van der Waals surface area contributed by atoms with Crippen LogP contribution in [0.1, 0.15) is 5.56 Å². The van der Waals surface area contributed by atoms with Gasteiger partial charge in [0, 0.05) is 11.1 Å². The maximum atomic E-state index is 12.5. The van der Waals surface area contributed by atoms with Crippen LogP contribution in [0.2, 0.25) is 10.0 Å². The van der Waals surface area contributed by atoms with E-state index in [-0.39, 0.29) is 5.63 Å². The van der Waals surface area contributed by atoms with Crippen molar-refractivity contribution in [3.05, 3.63) is 80.6 Å². The Kier molecular flexibility index (Phi) is 3.78. The number of ether oxygens (including phenoxy) is 1. The van der Waals surface area contributed by atoms with Crippen molar-refractivity contribution in [3.8, 4) is 5.75 Å². The Hall–Kier alpha value is -2.69. The van der Waals surface area contributed by atoms with E-state index in [4.69, 9.17) is 32.4 Å². The van der Waals surface area contributed by atoms with Crippen LogP contribution in [-0.4, -0.2) is 6.73 Å². The van der Waals surface area contributed by atoms with Crippen molar-refractivity contribution in [1.29, 1.82) is 0 Å². The molecule has 27 heavy (non-hydrogen) atoms. The summed E-state index contributed by atoms with van der Waals surface area (Å²) in [4.78, 5) is 14.5. The molecule has 0 atom stereocenters. The second kappa shape index (κ2) is 6.19. The molecule has 5 rings (SSSR count). The van der Waals surface area contributed by atoms with Crippen LogP contribution in [0.3, 0.4) is 0 Å². The van der Waals surface area contributed by atoms with Crippen molar-refractivity contribution in [2.45, 2.75) is 6.54 Å². The Morgan fingerprint density at radius 3 is 2.52 bits per heavy atom. The lowest BCUT2D eigenvalue weighted by atomic mass is 10.0. The maximum Gasteiger partial charge on any atom is 0.344 e. The summed E-state index contributed by atoms with van der Waals surface area (Å²) in [5.74, 6) is 0.720. The van der Waals surface area contributed by atoms with Gasteiger partial charge in [-0.1, -0.05) is 41.4 Å². The van der Waals surface area contributed by atoms with Gasteiger partial charge in [0.1, 0.15) is 11.3 Å². The summed E-state index contributed by atoms with van der Waals surface area (Å²) in [5.41, 5.74) is 1.93. The van der Waals surface area contributed by atoms with Crippen LogP contribution in [0.5, 0.6) is 5.75 Å². The fraction of sp³-hybridized carbons (Fsp3) is 0.0952. The summed E-state index contributed by atoms with van der Waals surface area (Å²) >= 11 is 12.2. The Morgan fingerprint density at radius 2 is 1.70 bits per heavy atom. The second-order valence-electron chi connectivity index (χ2n) is 6.42. The van der Waals surface area contributed by atoms with Crippen LogP contribution < -0.4 is 15.3 Å². The Balaban J connectivity index is 1.68. The standard InChI is InChI=1S/C21H13Cl2NO3/c22-17-7-5-12(9-18(17)23)24-10-16-19(26-11-24)8-6-14-13-3-1-2-4-15(13)21(25)27-20(14)16/h1-9H,10-11H2. The molecule has 0 radical (unpaired) electrons. The van der Waals surface area contributed by atoms with Gasteiger partial charge in [0.15, 0.2) is 6.73 Å². The average Bonchev–Trinajstić information content (AvgIpc) is 2.70. The van der Waals surface area contributed by atoms with Gasteiger partial charge in [0.25, 0.3) is 0 Å². The molecule has 0 aliphatic carbocycles. The first kappa shape index (κ1) is 16.5. The van der Waals surface area contributed by atoms with Gasteiger partial charge < -0.3 is 14.1 Å². The van der Waals surface area contributed by atoms with Crippen molar-refractivity contribution < 1.29 is 9.15 Å². The van der Waals surface area contributed by atoms with Crippen molar-refractivity contribution in [2.24, 2.45) is 0 Å². The molecule has 1 aromatic heterocycles. The predicted molar refractivity (Wildman–Crippen MR) is 108 cm³/mol. The maximum absolute atomic E-state index is 12.5. The minimum atomic E-state index is -0.349. The van der Waals surface area contributed by atoms with E-state index in [1.165, 1.54) is 0 Å². The molecule has 0 N–H and O–H groups in total. The number of rotatable bonds is 1. The van der Waals surface area contributed by atoms with Crippen LogP contribution in [-0.2, 0) is 6.54 Å². The summed E-state index contributed by atoms with van der Waals surface area (Å²) in [7, 11) is 0. The molecule has 4 aromatic rings. The van der Waals surface area contributed by atoms with Gasteiger partial charge in [-0.25, -0.2) is 4.79 Å². The predicted octanol–water partition coefficient (Wildman–Crippen LogP) is 5.61. The van der Waals surface area contributed by atoms with Crippen LogP contribution >= 0.6 is 23.2 Å². The number of nitrogens with zero attached hydrogens (tertiary/aromatic N) is 1. The topological polar surface area (TPSA) is 42.7 Å². The van der Waals surface area contributed by atoms with Crippen LogP contribution in [0, 0.1) is 0 Å². The SMILES string of the molecule is O=c1oc2c3c(ccc2c2ccccc12)OCN(c1ccc(Cl)c(Cl)c1)C3. The molecular weight excluding hydrogens is 385 g/mol. The number of halogens is 2. The fourth-order valence-electron chi connectivity index (χ4n) is 3.50. The van der Waals surface area contributed by atoms with E-state index in [0.29, 0.717) is 34.3 Å². The molecule has 0 bridgehead atoms. The van der Waals surface area contributed by atoms with E-state index in [9.17, 15) is 4.79 Å². The lowest BCUT2D eigenvalue weighted by Crippen LogP contribution is -2.32. The first-order valence-electron chi connectivity index (χ1n) is 8.42. The normalized spacial score (nSPS) is 13.6. The van der Waals surface area contributed by atoms with Crippen molar-refractivity contribution >= 4 is 50.6 Å². The highest BCUT2D eigenvalue weighted by molar-refractivity contribution is 6.42. The number of hydrogen-bond acceptors (Lipinski definition) is 4. The third-order valence-electron chi connectivity index (χ3n) is 4.84. The van der Waals surface area contributed by atoms with Crippen LogP contribution in [0.15, 0.2) is 63.8 Å². The first-order valence-corrected chi connectivity index (χ1v) is 9.17. The number of anilines is 1. The monoisotopic (exact) mass is 397 g/mol. The molecule has 0 spiro atoms. The second-order valence-corrected chi connectivity index (χ2v) is 7.24. The average molecular weight is 398 g/mol. The van der Waals surface area contributed by atoms with Gasteiger partial charge in [-0.05, 0) is 41.8 Å². The van der Waals surface area contributed by atoms with Crippen LogP contribution in [0.25, 0.3) is 21.7 Å². The van der Waals surface area contributed by atoms with E-state index in [1.54, 1.807) is 18.2 Å². The van der Waals surface area contributed by atoms with E-state index in [0.717, 1.165) is 27.8 Å². The van der Waals surface area contributed by atoms with E-state index in [2.05, 4.69) is 0 Å². The number of benzene rings is 3. The minimum Gasteiger partial charge on any atom is -0.473 e. The van der Waals surface area contributed by atoms with E-state index in [1.807, 2.05) is 41.3 Å². The lowest BCUT2D eigenvalue weighted by molar-refractivity contribution is 0.289. The zero-order valence-electron chi connectivity index (χ0n) is 14.0. The molecule has 3 aromatic carbocycles. The Bertz CT molecular complexity index is 1270. The molecule has 0 amide bonds. The molecular formula is C21H13Cl2NO3. The van der Waals surface area contributed by atoms with E-state index >= 15 is 0 Å². The fourth-order valence-corrected chi connectivity index (χ4v) is 3.79. The third-order valence-corrected chi connectivity index (χ3v) is 5.58. The van der Waals surface area contributed by atoms with Gasteiger partial charge in [-0.15, -0.1) is 0 Å². The quantitative estimate of drug-likeness (QED) is 0.309. The Labute approximate surface area is 164 Å². The van der Waals surface area contributed by atoms with Gasteiger partial charge in [0.05, 0.1) is 27.5 Å². The zero-order valence-corrected chi connectivity index (χ0v) is 15.6. The molecule has 4 nitrogen and oxygen atoms in total. The summed E-state index contributed by atoms with van der Waals surface area (Å²) < 4.78 is 11.6. The highest BCUT2D eigenvalue weighted by Crippen LogP contribution is 2.37. The molecule has 0 saturated carbocycles.